The molecule has 0 spiro atoms. The monoisotopic (exact) mass is 417 g/mol. The molecule has 2 aliphatic rings. The van der Waals surface area contributed by atoms with Gasteiger partial charge >= 0.3 is 5.97 Å². The van der Waals surface area contributed by atoms with Gasteiger partial charge in [-0.3, -0.25) is 19.9 Å². The van der Waals surface area contributed by atoms with E-state index in [1.807, 2.05) is 29.2 Å². The third kappa shape index (κ3) is 5.68. The number of nitrogens with one attached hydrogen (secondary N) is 1. The van der Waals surface area contributed by atoms with Crippen LogP contribution in [0.4, 0.5) is 5.69 Å². The number of nitrogens with zero attached hydrogens (tertiary/aromatic N) is 4. The van der Waals surface area contributed by atoms with E-state index in [0.29, 0.717) is 31.5 Å². The van der Waals surface area contributed by atoms with Gasteiger partial charge in [0.25, 0.3) is 0 Å². The van der Waals surface area contributed by atoms with Gasteiger partial charge in [-0.1, -0.05) is 0 Å². The van der Waals surface area contributed by atoms with Crippen LogP contribution in [0.3, 0.4) is 0 Å². The number of carbonyl (C=O) groups is 2. The van der Waals surface area contributed by atoms with E-state index < -0.39 is 5.97 Å². The van der Waals surface area contributed by atoms with E-state index in [2.05, 4.69) is 14.9 Å². The second kappa shape index (κ2) is 9.88. The molecule has 10 nitrogen and oxygen atoms in total. The van der Waals surface area contributed by atoms with Crippen molar-refractivity contribution in [3.05, 3.63) is 29.8 Å². The molecule has 1 aromatic rings. The summed E-state index contributed by atoms with van der Waals surface area (Å²) < 4.78 is 0. The normalized spacial score (nSPS) is 21.5. The molecule has 1 unspecified atom stereocenters. The Morgan fingerprint density at radius 2 is 1.70 bits per heavy atom. The van der Waals surface area contributed by atoms with Crippen LogP contribution in [0, 0.1) is 5.41 Å². The van der Waals surface area contributed by atoms with E-state index in [9.17, 15) is 9.59 Å². The third-order valence-corrected chi connectivity index (χ3v) is 5.78. The van der Waals surface area contributed by atoms with Crippen LogP contribution in [0.5, 0.6) is 0 Å². The summed E-state index contributed by atoms with van der Waals surface area (Å²) in [6.45, 7) is 5.48. The predicted molar refractivity (Wildman–Crippen MR) is 114 cm³/mol. The second-order valence-corrected chi connectivity index (χ2v) is 7.85. The average molecular weight is 418 g/mol. The molecule has 2 aliphatic heterocycles. The summed E-state index contributed by atoms with van der Waals surface area (Å²) >= 11 is 0. The quantitative estimate of drug-likeness (QED) is 0.323. The van der Waals surface area contributed by atoms with Crippen molar-refractivity contribution >= 4 is 23.4 Å². The van der Waals surface area contributed by atoms with Crippen LogP contribution >= 0.6 is 0 Å². The Morgan fingerprint density at radius 1 is 1.03 bits per heavy atom. The maximum Gasteiger partial charge on any atom is 0.317 e. The number of piperazine rings is 2. The number of anilines is 1. The molecule has 2 heterocycles. The van der Waals surface area contributed by atoms with E-state index in [1.165, 1.54) is 0 Å². The Labute approximate surface area is 176 Å². The first kappa shape index (κ1) is 22.0. The number of hydrogen-bond donors (Lipinski definition) is 4. The van der Waals surface area contributed by atoms with Gasteiger partial charge < -0.3 is 21.5 Å². The lowest BCUT2D eigenvalue weighted by atomic mass is 10.1. The highest BCUT2D eigenvalue weighted by atomic mass is 16.4. The Kier molecular flexibility index (Phi) is 7.24. The van der Waals surface area contributed by atoms with E-state index in [-0.39, 0.29) is 24.3 Å². The van der Waals surface area contributed by atoms with Crippen LogP contribution < -0.4 is 16.4 Å². The molecule has 0 bridgehead atoms. The fraction of sp³-hybridized carbons (Fsp3) is 0.550. The summed E-state index contributed by atoms with van der Waals surface area (Å²) in [4.78, 5) is 26.6. The van der Waals surface area contributed by atoms with E-state index in [4.69, 9.17) is 22.0 Å². The van der Waals surface area contributed by atoms with Gasteiger partial charge in [-0.2, -0.15) is 0 Å². The van der Waals surface area contributed by atoms with Gasteiger partial charge in [0.1, 0.15) is 5.84 Å². The molecule has 10 heteroatoms. The number of carboxylic acids is 1. The number of rotatable bonds is 8. The van der Waals surface area contributed by atoms with Crippen molar-refractivity contribution in [3.63, 3.8) is 0 Å². The zero-order valence-corrected chi connectivity index (χ0v) is 17.2. The Balaban J connectivity index is 1.59. The summed E-state index contributed by atoms with van der Waals surface area (Å²) in [5, 5.41) is 21.2. The maximum atomic E-state index is 11.3. The number of hydrazine groups is 1. The standard InChI is InChI=1S/C20H31N7O3/c21-18(28)6-5-17-13-24(14-19(29)30)7-12-27(17)26-10-8-25(9-11-26)16-3-1-15(2-4-16)20(22)23/h1-4,17H,5-14H2,(H2,21,28)(H3,22,23)(H,29,30). The van der Waals surface area contributed by atoms with E-state index >= 15 is 0 Å². The molecule has 0 radical (unpaired) electrons. The maximum absolute atomic E-state index is 11.3. The Hall–Kier alpha value is -2.69. The van der Waals surface area contributed by atoms with Crippen molar-refractivity contribution in [2.24, 2.45) is 11.5 Å². The van der Waals surface area contributed by atoms with Crippen LogP contribution in [0.25, 0.3) is 0 Å². The number of benzene rings is 1. The molecular weight excluding hydrogens is 386 g/mol. The van der Waals surface area contributed by atoms with Gasteiger partial charge in [0, 0.05) is 69.5 Å². The average Bonchev–Trinajstić information content (AvgIpc) is 2.72. The third-order valence-electron chi connectivity index (χ3n) is 5.78. The Bertz CT molecular complexity index is 762. The van der Waals surface area contributed by atoms with Gasteiger partial charge in [0.05, 0.1) is 6.54 Å². The minimum Gasteiger partial charge on any atom is -0.480 e. The molecule has 0 aromatic heterocycles. The molecule has 2 saturated heterocycles. The number of aliphatic carboxylic acids is 1. The lowest BCUT2D eigenvalue weighted by Crippen LogP contribution is -2.63. The minimum atomic E-state index is -0.832. The number of nitrogen functional groups attached to an aromatic ring is 1. The van der Waals surface area contributed by atoms with Gasteiger partial charge in [-0.25, -0.2) is 10.0 Å². The molecule has 1 aromatic carbocycles. The molecule has 1 amide bonds. The highest BCUT2D eigenvalue weighted by Gasteiger charge is 2.33. The Morgan fingerprint density at radius 3 is 2.27 bits per heavy atom. The molecule has 30 heavy (non-hydrogen) atoms. The van der Waals surface area contributed by atoms with Crippen LogP contribution in [-0.4, -0.2) is 96.1 Å². The fourth-order valence-corrected chi connectivity index (χ4v) is 4.23. The molecule has 0 saturated carbocycles. The summed E-state index contributed by atoms with van der Waals surface area (Å²) in [6.07, 6.45) is 0.919. The van der Waals surface area contributed by atoms with Crippen molar-refractivity contribution in [1.29, 1.82) is 5.41 Å². The minimum absolute atomic E-state index is 0.0188. The molecule has 164 valence electrons. The smallest absolute Gasteiger partial charge is 0.317 e. The number of primary amides is 1. The number of carboxylic acid groups (broad SMARTS) is 1. The van der Waals surface area contributed by atoms with Crippen LogP contribution in [-0.2, 0) is 9.59 Å². The highest BCUT2D eigenvalue weighted by Crippen LogP contribution is 2.22. The summed E-state index contributed by atoms with van der Waals surface area (Å²) in [7, 11) is 0. The summed E-state index contributed by atoms with van der Waals surface area (Å²) in [6, 6.07) is 7.79. The zero-order chi connectivity index (χ0) is 21.7. The van der Waals surface area contributed by atoms with Crippen molar-refractivity contribution in [2.75, 3.05) is 57.3 Å². The fourth-order valence-electron chi connectivity index (χ4n) is 4.23. The number of nitrogens with two attached hydrogens (primary N) is 2. The van der Waals surface area contributed by atoms with Crippen LogP contribution in [0.1, 0.15) is 18.4 Å². The SMILES string of the molecule is N=C(N)c1ccc(N2CCN(N3CCN(CC(=O)O)CC3CCC(N)=O)CC2)cc1. The molecule has 2 fully saturated rings. The first-order valence-corrected chi connectivity index (χ1v) is 10.3. The lowest BCUT2D eigenvalue weighted by Gasteiger charge is -2.49. The van der Waals surface area contributed by atoms with E-state index in [0.717, 1.165) is 38.4 Å². The number of amidine groups is 1. The highest BCUT2D eigenvalue weighted by molar-refractivity contribution is 5.95. The molecule has 1 atom stereocenters. The zero-order valence-electron chi connectivity index (χ0n) is 17.2. The second-order valence-electron chi connectivity index (χ2n) is 7.85. The van der Waals surface area contributed by atoms with E-state index in [1.54, 1.807) is 0 Å². The molecule has 6 N–H and O–H groups in total. The van der Waals surface area contributed by atoms with Crippen molar-refractivity contribution in [1.82, 2.24) is 14.9 Å². The number of hydrogen-bond acceptors (Lipinski definition) is 7. The molecule has 0 aliphatic carbocycles. The van der Waals surface area contributed by atoms with Crippen LogP contribution in [0.15, 0.2) is 24.3 Å². The van der Waals surface area contributed by atoms with Gasteiger partial charge in [0.2, 0.25) is 5.91 Å². The van der Waals surface area contributed by atoms with Crippen molar-refractivity contribution < 1.29 is 14.7 Å². The number of carbonyl (C=O) groups excluding carboxylic acids is 1. The lowest BCUT2D eigenvalue weighted by molar-refractivity contribution is -0.142. The molecule has 3 rings (SSSR count). The first-order chi connectivity index (χ1) is 14.3. The summed E-state index contributed by atoms with van der Waals surface area (Å²) in [5.74, 6) is -1.10. The number of amides is 1. The topological polar surface area (TPSA) is 143 Å². The molecular formula is C20H31N7O3. The summed E-state index contributed by atoms with van der Waals surface area (Å²) in [5.41, 5.74) is 12.7. The van der Waals surface area contributed by atoms with Crippen LogP contribution in [0.2, 0.25) is 0 Å². The largest absolute Gasteiger partial charge is 0.480 e. The predicted octanol–water partition coefficient (Wildman–Crippen LogP) is -0.656. The first-order valence-electron chi connectivity index (χ1n) is 10.3. The van der Waals surface area contributed by atoms with Crippen molar-refractivity contribution in [2.45, 2.75) is 18.9 Å². The van der Waals surface area contributed by atoms with Gasteiger partial charge in [-0.05, 0) is 30.7 Å². The van der Waals surface area contributed by atoms with Gasteiger partial charge in [0.15, 0.2) is 0 Å². The van der Waals surface area contributed by atoms with Crippen molar-refractivity contribution in [3.8, 4) is 0 Å². The van der Waals surface area contributed by atoms with Gasteiger partial charge in [-0.15, -0.1) is 0 Å².